The molecule has 0 saturated carbocycles. The van der Waals surface area contributed by atoms with Gasteiger partial charge in [-0.05, 0) is 65.2 Å². The Morgan fingerprint density at radius 1 is 0.865 bits per heavy atom. The number of pyridine rings is 1. The molecule has 11 nitrogen and oxygen atoms in total. The third-order valence-corrected chi connectivity index (χ3v) is 10.6. The van der Waals surface area contributed by atoms with E-state index in [0.29, 0.717) is 39.5 Å². The van der Waals surface area contributed by atoms with Crippen LogP contribution in [0.15, 0.2) is 78.9 Å². The standard InChI is InChI=1S/C40H32ClN3O8/c1-47-31-12-20(13-32(48-2)38(31)49-3)33-23-15-29-30(52-18-51-29)16-25(23)36(26-17-50-40(46)34(26)33)44-39(45)28-14-24-22-9-4-5-10-27(22)42-37(24)35(43-28)19-7-6-8-21(41)11-19/h4-16,26,33-34,36,42H,17-18H2,1-3H3,(H,44,45)/t26-,33+,34-,36+/m0/s1. The Kier molecular flexibility index (Phi) is 7.62. The molecule has 0 unspecified atom stereocenters. The lowest BCUT2D eigenvalue weighted by molar-refractivity contribution is -0.141. The van der Waals surface area contributed by atoms with Gasteiger partial charge in [-0.3, -0.25) is 9.59 Å². The van der Waals surface area contributed by atoms with Crippen LogP contribution in [-0.2, 0) is 9.53 Å². The second-order valence-corrected chi connectivity index (χ2v) is 13.4. The molecule has 9 rings (SSSR count). The molecule has 4 aromatic carbocycles. The Labute approximate surface area is 302 Å². The van der Waals surface area contributed by atoms with Crippen LogP contribution in [0.1, 0.15) is 39.1 Å². The van der Waals surface area contributed by atoms with Crippen LogP contribution in [0.5, 0.6) is 28.7 Å². The molecule has 262 valence electrons. The molecule has 52 heavy (non-hydrogen) atoms. The molecule has 1 aliphatic carbocycles. The molecule has 6 aromatic rings. The summed E-state index contributed by atoms with van der Waals surface area (Å²) in [6.45, 7) is 0.158. The molecule has 3 aliphatic rings. The molecule has 1 amide bonds. The second kappa shape index (κ2) is 12.4. The number of benzene rings is 4. The average Bonchev–Trinajstić information content (AvgIpc) is 3.89. The smallest absolute Gasteiger partial charge is 0.310 e. The Morgan fingerprint density at radius 2 is 1.62 bits per heavy atom. The van der Waals surface area contributed by atoms with Gasteiger partial charge in [-0.25, -0.2) is 4.98 Å². The zero-order valence-corrected chi connectivity index (χ0v) is 29.1. The number of nitrogens with one attached hydrogen (secondary N) is 2. The van der Waals surface area contributed by atoms with E-state index in [1.807, 2.05) is 66.7 Å². The topological polar surface area (TPSA) is 130 Å². The number of para-hydroxylation sites is 1. The van der Waals surface area contributed by atoms with Gasteiger partial charge in [-0.15, -0.1) is 0 Å². The fourth-order valence-electron chi connectivity index (χ4n) is 8.05. The Bertz CT molecular complexity index is 2420. The lowest BCUT2D eigenvalue weighted by Crippen LogP contribution is -2.43. The number of fused-ring (bicyclic) bond motifs is 6. The third-order valence-electron chi connectivity index (χ3n) is 10.3. The number of nitrogens with zero attached hydrogens (tertiary/aromatic N) is 1. The van der Waals surface area contributed by atoms with Crippen LogP contribution in [0.4, 0.5) is 0 Å². The zero-order valence-electron chi connectivity index (χ0n) is 28.3. The highest BCUT2D eigenvalue weighted by molar-refractivity contribution is 6.31. The van der Waals surface area contributed by atoms with Gasteiger partial charge >= 0.3 is 5.97 Å². The fraction of sp³-hybridized carbons (Fsp3) is 0.225. The van der Waals surface area contributed by atoms with Crippen LogP contribution >= 0.6 is 11.6 Å². The van der Waals surface area contributed by atoms with Crippen LogP contribution in [-0.4, -0.2) is 56.6 Å². The molecule has 0 spiro atoms. The van der Waals surface area contributed by atoms with E-state index < -0.39 is 29.7 Å². The summed E-state index contributed by atoms with van der Waals surface area (Å²) in [7, 11) is 4.63. The molecule has 4 atom stereocenters. The highest BCUT2D eigenvalue weighted by atomic mass is 35.5. The maximum absolute atomic E-state index is 14.5. The first-order chi connectivity index (χ1) is 25.4. The van der Waals surface area contributed by atoms with Gasteiger partial charge in [0, 0.05) is 38.7 Å². The van der Waals surface area contributed by atoms with Crippen molar-refractivity contribution in [3.8, 4) is 40.0 Å². The lowest BCUT2D eigenvalue weighted by Gasteiger charge is -2.39. The zero-order chi connectivity index (χ0) is 35.7. The highest BCUT2D eigenvalue weighted by Gasteiger charge is 2.53. The molecule has 2 aliphatic heterocycles. The van der Waals surface area contributed by atoms with Crippen LogP contribution < -0.4 is 29.0 Å². The number of amides is 1. The van der Waals surface area contributed by atoms with Crippen LogP contribution in [0.25, 0.3) is 33.1 Å². The number of esters is 1. The number of methoxy groups -OCH3 is 3. The molecule has 0 radical (unpaired) electrons. The van der Waals surface area contributed by atoms with E-state index in [2.05, 4.69) is 10.3 Å². The van der Waals surface area contributed by atoms with E-state index >= 15 is 0 Å². The molecular formula is C40H32ClN3O8. The molecule has 1 fully saturated rings. The number of aromatic amines is 1. The number of ether oxygens (including phenoxy) is 6. The molecule has 2 aromatic heterocycles. The van der Waals surface area contributed by atoms with Crippen LogP contribution in [0.2, 0.25) is 5.02 Å². The summed E-state index contributed by atoms with van der Waals surface area (Å²) >= 11 is 6.42. The van der Waals surface area contributed by atoms with E-state index in [-0.39, 0.29) is 25.1 Å². The van der Waals surface area contributed by atoms with Crippen molar-refractivity contribution in [2.24, 2.45) is 11.8 Å². The van der Waals surface area contributed by atoms with Crippen molar-refractivity contribution in [1.29, 1.82) is 0 Å². The summed E-state index contributed by atoms with van der Waals surface area (Å²) in [5.41, 5.74) is 5.58. The van der Waals surface area contributed by atoms with Crippen molar-refractivity contribution in [1.82, 2.24) is 15.3 Å². The van der Waals surface area contributed by atoms with Crippen LogP contribution in [0, 0.1) is 11.8 Å². The van der Waals surface area contributed by atoms with E-state index in [1.54, 1.807) is 26.4 Å². The largest absolute Gasteiger partial charge is 0.493 e. The van der Waals surface area contributed by atoms with Gasteiger partial charge in [0.2, 0.25) is 12.5 Å². The molecule has 12 heteroatoms. The third kappa shape index (κ3) is 4.98. The number of H-pyrrole nitrogens is 1. The first-order valence-corrected chi connectivity index (χ1v) is 17.1. The minimum Gasteiger partial charge on any atom is -0.493 e. The number of aromatic nitrogens is 2. The molecule has 1 saturated heterocycles. The second-order valence-electron chi connectivity index (χ2n) is 13.0. The maximum atomic E-state index is 14.5. The number of carbonyl (C=O) groups excluding carboxylic acids is 2. The normalized spacial score (nSPS) is 20.0. The van der Waals surface area contributed by atoms with Crippen molar-refractivity contribution >= 4 is 45.3 Å². The number of hydrogen-bond acceptors (Lipinski definition) is 9. The Morgan fingerprint density at radius 3 is 2.35 bits per heavy atom. The van der Waals surface area contributed by atoms with Gasteiger partial charge < -0.3 is 38.7 Å². The summed E-state index contributed by atoms with van der Waals surface area (Å²) in [5.74, 6) is 0.0598. The van der Waals surface area contributed by atoms with E-state index in [4.69, 9.17) is 45.0 Å². The molecule has 4 heterocycles. The highest BCUT2D eigenvalue weighted by Crippen LogP contribution is 2.55. The maximum Gasteiger partial charge on any atom is 0.310 e. The Hall–Kier alpha value is -5.94. The summed E-state index contributed by atoms with van der Waals surface area (Å²) in [5, 5.41) is 5.62. The molecular weight excluding hydrogens is 686 g/mol. The van der Waals surface area contributed by atoms with Gasteiger partial charge in [0.05, 0.1) is 51.1 Å². The number of carbonyl (C=O) groups is 2. The summed E-state index contributed by atoms with van der Waals surface area (Å²) in [4.78, 5) is 36.7. The van der Waals surface area contributed by atoms with Crippen LogP contribution in [0.3, 0.4) is 0 Å². The predicted octanol–water partition coefficient (Wildman–Crippen LogP) is 7.20. The Balaban J connectivity index is 1.19. The van der Waals surface area contributed by atoms with E-state index in [0.717, 1.165) is 44.1 Å². The summed E-state index contributed by atoms with van der Waals surface area (Å²) in [6, 6.07) is 23.9. The van der Waals surface area contributed by atoms with Crippen molar-refractivity contribution < 1.29 is 38.0 Å². The van der Waals surface area contributed by atoms with E-state index in [9.17, 15) is 9.59 Å². The van der Waals surface area contributed by atoms with Gasteiger partial charge in [0.1, 0.15) is 5.69 Å². The van der Waals surface area contributed by atoms with Crippen molar-refractivity contribution in [3.05, 3.63) is 106 Å². The number of halogens is 1. The van der Waals surface area contributed by atoms with E-state index in [1.165, 1.54) is 7.11 Å². The minimum atomic E-state index is -0.660. The molecule has 0 bridgehead atoms. The predicted molar refractivity (Wildman–Crippen MR) is 193 cm³/mol. The summed E-state index contributed by atoms with van der Waals surface area (Å²) < 4.78 is 34.4. The summed E-state index contributed by atoms with van der Waals surface area (Å²) in [6.07, 6.45) is 0. The van der Waals surface area contributed by atoms with Crippen molar-refractivity contribution in [3.63, 3.8) is 0 Å². The van der Waals surface area contributed by atoms with Gasteiger partial charge in [-0.2, -0.15) is 0 Å². The van der Waals surface area contributed by atoms with Crippen molar-refractivity contribution in [2.45, 2.75) is 12.0 Å². The quantitative estimate of drug-likeness (QED) is 0.165. The van der Waals surface area contributed by atoms with Crippen molar-refractivity contribution in [2.75, 3.05) is 34.7 Å². The monoisotopic (exact) mass is 717 g/mol. The first kappa shape index (κ1) is 32.0. The lowest BCUT2D eigenvalue weighted by atomic mass is 9.65. The minimum absolute atomic E-state index is 0.0554. The average molecular weight is 718 g/mol. The van der Waals surface area contributed by atoms with Gasteiger partial charge in [0.25, 0.3) is 5.91 Å². The number of cyclic esters (lactones) is 1. The van der Waals surface area contributed by atoms with Gasteiger partial charge in [-0.1, -0.05) is 41.9 Å². The number of rotatable bonds is 7. The molecule has 2 N–H and O–H groups in total. The fourth-order valence-corrected chi connectivity index (χ4v) is 8.24. The number of hydrogen-bond donors (Lipinski definition) is 2. The van der Waals surface area contributed by atoms with Gasteiger partial charge in [0.15, 0.2) is 23.0 Å². The SMILES string of the molecule is COc1cc([C@@H]2c3cc4c(cc3[C@@H](NC(=O)c3cc5c([nH]c6ccccc65)c(-c5cccc(Cl)c5)n3)[C@H]3COC(=O)[C@H]23)OCO4)cc(OC)c1OC. The first-order valence-electron chi connectivity index (χ1n) is 16.7.